The maximum Gasteiger partial charge on any atom is 0.261 e. The molecule has 1 amide bonds. The van der Waals surface area contributed by atoms with Gasteiger partial charge in [0.2, 0.25) is 0 Å². The van der Waals surface area contributed by atoms with Crippen LogP contribution in [0.4, 0.5) is 0 Å². The molecule has 1 aliphatic rings. The Morgan fingerprint density at radius 1 is 1.04 bits per heavy atom. The van der Waals surface area contributed by atoms with E-state index in [1.54, 1.807) is 0 Å². The predicted octanol–water partition coefficient (Wildman–Crippen LogP) is 5.16. The van der Waals surface area contributed by atoms with Crippen LogP contribution in [0.15, 0.2) is 42.5 Å². The van der Waals surface area contributed by atoms with E-state index in [-0.39, 0.29) is 11.9 Å². The van der Waals surface area contributed by atoms with Crippen molar-refractivity contribution < 1.29 is 9.53 Å². The topological polar surface area (TPSA) is 38.3 Å². The van der Waals surface area contributed by atoms with Crippen molar-refractivity contribution in [1.82, 2.24) is 5.32 Å². The molecule has 3 rings (SSSR count). The Morgan fingerprint density at radius 2 is 1.74 bits per heavy atom. The van der Waals surface area contributed by atoms with E-state index < -0.39 is 6.10 Å². The van der Waals surface area contributed by atoms with Gasteiger partial charge in [-0.15, -0.1) is 0 Å². The van der Waals surface area contributed by atoms with Gasteiger partial charge in [0.05, 0.1) is 6.04 Å². The van der Waals surface area contributed by atoms with Crippen LogP contribution in [-0.2, 0) is 24.1 Å². The molecular weight excluding hydrogens is 334 g/mol. The van der Waals surface area contributed by atoms with E-state index >= 15 is 0 Å². The van der Waals surface area contributed by atoms with Gasteiger partial charge in [0.25, 0.3) is 5.91 Å². The van der Waals surface area contributed by atoms with Crippen molar-refractivity contribution in [2.45, 2.75) is 71.4 Å². The highest BCUT2D eigenvalue weighted by Gasteiger charge is 2.21. The summed E-state index contributed by atoms with van der Waals surface area (Å²) in [6.07, 6.45) is 6.04. The van der Waals surface area contributed by atoms with Gasteiger partial charge >= 0.3 is 0 Å². The number of hydrogen-bond donors (Lipinski definition) is 1. The number of benzene rings is 2. The average Bonchev–Trinajstić information content (AvgIpc) is 2.71. The molecule has 0 spiro atoms. The van der Waals surface area contributed by atoms with E-state index in [1.807, 2.05) is 26.0 Å². The quantitative estimate of drug-likeness (QED) is 0.736. The first-order chi connectivity index (χ1) is 13.1. The number of hydrogen-bond acceptors (Lipinski definition) is 2. The van der Waals surface area contributed by atoms with Crippen molar-refractivity contribution in [3.63, 3.8) is 0 Å². The molecular formula is C24H31NO2. The molecule has 0 saturated heterocycles. The van der Waals surface area contributed by atoms with Gasteiger partial charge < -0.3 is 10.1 Å². The van der Waals surface area contributed by atoms with Gasteiger partial charge in [0.1, 0.15) is 5.75 Å². The highest BCUT2D eigenvalue weighted by molar-refractivity contribution is 5.81. The molecule has 0 saturated carbocycles. The third kappa shape index (κ3) is 4.91. The number of fused-ring (bicyclic) bond motifs is 1. The highest BCUT2D eigenvalue weighted by atomic mass is 16.5. The smallest absolute Gasteiger partial charge is 0.261 e. The van der Waals surface area contributed by atoms with Crippen LogP contribution >= 0.6 is 0 Å². The number of ether oxygens (including phenoxy) is 1. The maximum absolute atomic E-state index is 12.7. The fraction of sp³-hybridized carbons (Fsp3) is 0.458. The lowest BCUT2D eigenvalue weighted by molar-refractivity contribution is -0.128. The number of rotatable bonds is 7. The number of carbonyl (C=O) groups is 1. The molecule has 3 nitrogen and oxygen atoms in total. The van der Waals surface area contributed by atoms with Crippen molar-refractivity contribution in [1.29, 1.82) is 0 Å². The van der Waals surface area contributed by atoms with E-state index in [4.69, 9.17) is 4.74 Å². The zero-order chi connectivity index (χ0) is 19.2. The molecule has 2 atom stereocenters. The summed E-state index contributed by atoms with van der Waals surface area (Å²) in [7, 11) is 0. The predicted molar refractivity (Wildman–Crippen MR) is 110 cm³/mol. The second kappa shape index (κ2) is 9.07. The molecule has 0 bridgehead atoms. The number of nitrogens with one attached hydrogen (secondary N) is 1. The molecule has 0 unspecified atom stereocenters. The van der Waals surface area contributed by atoms with Crippen molar-refractivity contribution >= 4 is 5.91 Å². The van der Waals surface area contributed by atoms with Crippen LogP contribution in [0.25, 0.3) is 0 Å². The van der Waals surface area contributed by atoms with E-state index in [0.717, 1.165) is 18.6 Å². The Morgan fingerprint density at radius 3 is 2.41 bits per heavy atom. The summed E-state index contributed by atoms with van der Waals surface area (Å²) >= 11 is 0. The summed E-state index contributed by atoms with van der Waals surface area (Å²) in [5.41, 5.74) is 5.35. The minimum Gasteiger partial charge on any atom is -0.481 e. The fourth-order valence-corrected chi connectivity index (χ4v) is 3.70. The van der Waals surface area contributed by atoms with E-state index in [1.165, 1.54) is 41.5 Å². The first-order valence-corrected chi connectivity index (χ1v) is 10.3. The average molecular weight is 366 g/mol. The van der Waals surface area contributed by atoms with Crippen LogP contribution in [0.3, 0.4) is 0 Å². The molecule has 2 aromatic carbocycles. The zero-order valence-electron chi connectivity index (χ0n) is 16.8. The van der Waals surface area contributed by atoms with Crippen LogP contribution in [0.5, 0.6) is 5.75 Å². The Bertz CT molecular complexity index is 766. The Balaban J connectivity index is 1.63. The first-order valence-electron chi connectivity index (χ1n) is 10.3. The first kappa shape index (κ1) is 19.5. The van der Waals surface area contributed by atoms with Crippen LogP contribution in [-0.4, -0.2) is 12.0 Å². The maximum atomic E-state index is 12.7. The molecule has 144 valence electrons. The standard InChI is InChI=1S/C24H31NO2/c1-4-18-10-14-22(15-11-18)27-23(5-2)24(26)25-17(3)20-13-12-19-8-6-7-9-21(19)16-20/h10-17,23H,4-9H2,1-3H3,(H,25,26)/t17-,23+/m0/s1. The van der Waals surface area contributed by atoms with Gasteiger partial charge in [0, 0.05) is 0 Å². The summed E-state index contributed by atoms with van der Waals surface area (Å²) in [5, 5.41) is 3.13. The second-order valence-electron chi connectivity index (χ2n) is 7.48. The normalized spacial score (nSPS) is 15.5. The van der Waals surface area contributed by atoms with Crippen LogP contribution in [0.2, 0.25) is 0 Å². The van der Waals surface area contributed by atoms with E-state index in [9.17, 15) is 4.79 Å². The molecule has 0 aromatic heterocycles. The molecule has 0 radical (unpaired) electrons. The van der Waals surface area contributed by atoms with Gasteiger partial charge in [-0.05, 0) is 79.8 Å². The molecule has 0 fully saturated rings. The largest absolute Gasteiger partial charge is 0.481 e. The van der Waals surface area contributed by atoms with Crippen molar-refractivity contribution in [2.75, 3.05) is 0 Å². The van der Waals surface area contributed by atoms with Gasteiger partial charge in [0.15, 0.2) is 6.10 Å². The number of aryl methyl sites for hydroxylation is 3. The Labute approximate surface area is 163 Å². The van der Waals surface area contributed by atoms with Crippen LogP contribution in [0, 0.1) is 0 Å². The second-order valence-corrected chi connectivity index (χ2v) is 7.48. The zero-order valence-corrected chi connectivity index (χ0v) is 16.8. The Kier molecular flexibility index (Phi) is 6.54. The monoisotopic (exact) mass is 365 g/mol. The van der Waals surface area contributed by atoms with Gasteiger partial charge in [-0.2, -0.15) is 0 Å². The third-order valence-electron chi connectivity index (χ3n) is 5.50. The highest BCUT2D eigenvalue weighted by Crippen LogP contribution is 2.25. The van der Waals surface area contributed by atoms with Crippen molar-refractivity contribution in [3.8, 4) is 5.75 Å². The van der Waals surface area contributed by atoms with Crippen LogP contribution in [0.1, 0.15) is 68.3 Å². The van der Waals surface area contributed by atoms with Gasteiger partial charge in [-0.1, -0.05) is 44.2 Å². The molecule has 0 heterocycles. The minimum absolute atomic E-state index is 0.0233. The van der Waals surface area contributed by atoms with Crippen molar-refractivity contribution in [2.24, 2.45) is 0 Å². The van der Waals surface area contributed by atoms with Crippen LogP contribution < -0.4 is 10.1 Å². The molecule has 1 aliphatic carbocycles. The summed E-state index contributed by atoms with van der Waals surface area (Å²) in [6.45, 7) is 6.15. The summed E-state index contributed by atoms with van der Waals surface area (Å²) in [6, 6.07) is 14.6. The molecule has 27 heavy (non-hydrogen) atoms. The van der Waals surface area contributed by atoms with Gasteiger partial charge in [-0.3, -0.25) is 4.79 Å². The molecule has 0 aliphatic heterocycles. The summed E-state index contributed by atoms with van der Waals surface area (Å²) < 4.78 is 5.94. The molecule has 2 aromatic rings. The molecule has 1 N–H and O–H groups in total. The lowest BCUT2D eigenvalue weighted by atomic mass is 9.89. The number of carbonyl (C=O) groups excluding carboxylic acids is 1. The molecule has 3 heteroatoms. The van der Waals surface area contributed by atoms with E-state index in [0.29, 0.717) is 6.42 Å². The summed E-state index contributed by atoms with van der Waals surface area (Å²) in [4.78, 5) is 12.7. The lowest BCUT2D eigenvalue weighted by Gasteiger charge is -2.23. The minimum atomic E-state index is -0.474. The number of amides is 1. The Hall–Kier alpha value is -2.29. The third-order valence-corrected chi connectivity index (χ3v) is 5.50. The van der Waals surface area contributed by atoms with Gasteiger partial charge in [-0.25, -0.2) is 0 Å². The SMILES string of the molecule is CCc1ccc(O[C@H](CC)C(=O)N[C@@H](C)c2ccc3c(c2)CCCC3)cc1. The lowest BCUT2D eigenvalue weighted by Crippen LogP contribution is -2.39. The fourth-order valence-electron chi connectivity index (χ4n) is 3.70. The van der Waals surface area contributed by atoms with Crippen molar-refractivity contribution in [3.05, 3.63) is 64.7 Å². The summed E-state index contributed by atoms with van der Waals surface area (Å²) in [5.74, 6) is 0.693. The van der Waals surface area contributed by atoms with E-state index in [2.05, 4.69) is 42.6 Å².